The van der Waals surface area contributed by atoms with Crippen molar-refractivity contribution in [2.24, 2.45) is 0 Å². The van der Waals surface area contributed by atoms with Gasteiger partial charge in [-0.25, -0.2) is 8.42 Å². The van der Waals surface area contributed by atoms with Gasteiger partial charge in [-0.2, -0.15) is 0 Å². The van der Waals surface area contributed by atoms with Crippen LogP contribution in [0.2, 0.25) is 0 Å². The smallest absolute Gasteiger partial charge is 0.251 e. The molecule has 1 aliphatic heterocycles. The number of hydrogen-bond donors (Lipinski definition) is 1. The maximum atomic E-state index is 13.3. The van der Waals surface area contributed by atoms with Crippen molar-refractivity contribution in [3.8, 4) is 11.5 Å². The van der Waals surface area contributed by atoms with Crippen LogP contribution in [0, 0.1) is 6.92 Å². The van der Waals surface area contributed by atoms with Crippen molar-refractivity contribution in [1.29, 1.82) is 0 Å². The minimum absolute atomic E-state index is 0.102. The van der Waals surface area contributed by atoms with Gasteiger partial charge in [0.05, 0.1) is 4.90 Å². The van der Waals surface area contributed by atoms with Crippen molar-refractivity contribution in [2.75, 3.05) is 13.3 Å². The van der Waals surface area contributed by atoms with E-state index in [1.165, 1.54) is 6.20 Å². The van der Waals surface area contributed by atoms with Crippen LogP contribution in [0.25, 0.3) is 0 Å². The Labute approximate surface area is 174 Å². The molecule has 1 amide bonds. The van der Waals surface area contributed by atoms with Crippen molar-refractivity contribution in [1.82, 2.24) is 10.3 Å². The van der Waals surface area contributed by atoms with Crippen LogP contribution in [0.3, 0.4) is 0 Å². The average molecular weight is 424 g/mol. The number of hydrogen-bond acceptors (Lipinski definition) is 6. The molecule has 0 bridgehead atoms. The minimum Gasteiger partial charge on any atom is -0.454 e. The second-order valence-corrected chi connectivity index (χ2v) is 9.04. The molecule has 7 nitrogen and oxygen atoms in total. The molecule has 1 atom stereocenters. The highest BCUT2D eigenvalue weighted by Gasteiger charge is 2.30. The summed E-state index contributed by atoms with van der Waals surface area (Å²) in [6, 6.07) is 14.8. The summed E-state index contributed by atoms with van der Waals surface area (Å²) >= 11 is 0. The summed E-state index contributed by atoms with van der Waals surface area (Å²) in [5, 5.41) is 1.75. The molecule has 154 valence electrons. The van der Waals surface area contributed by atoms with Gasteiger partial charge in [-0.15, -0.1) is 0 Å². The van der Waals surface area contributed by atoms with Gasteiger partial charge in [-0.05, 0) is 48.9 Å². The zero-order valence-corrected chi connectivity index (χ0v) is 17.1. The Kier molecular flexibility index (Phi) is 5.41. The maximum absolute atomic E-state index is 13.3. The lowest BCUT2D eigenvalue weighted by molar-refractivity contribution is 0.0953. The van der Waals surface area contributed by atoms with Gasteiger partial charge in [0.15, 0.2) is 21.3 Å². The molecule has 1 unspecified atom stereocenters. The molecule has 8 heteroatoms. The van der Waals surface area contributed by atoms with E-state index in [-0.39, 0.29) is 18.2 Å². The molecule has 0 fully saturated rings. The van der Waals surface area contributed by atoms with Crippen LogP contribution < -0.4 is 14.8 Å². The van der Waals surface area contributed by atoms with E-state index in [1.807, 2.05) is 6.92 Å². The predicted molar refractivity (Wildman–Crippen MR) is 110 cm³/mol. The molecule has 0 aliphatic carbocycles. The number of carbonyl (C=O) groups is 1. The quantitative estimate of drug-likeness (QED) is 0.654. The Morgan fingerprint density at radius 1 is 1.10 bits per heavy atom. The predicted octanol–water partition coefficient (Wildman–Crippen LogP) is 3.06. The van der Waals surface area contributed by atoms with Gasteiger partial charge in [0.25, 0.3) is 5.91 Å². The number of pyridine rings is 1. The van der Waals surface area contributed by atoms with E-state index in [9.17, 15) is 13.2 Å². The first-order valence-electron chi connectivity index (χ1n) is 9.33. The van der Waals surface area contributed by atoms with Crippen LogP contribution in [-0.4, -0.2) is 32.6 Å². The molecular weight excluding hydrogens is 404 g/mol. The molecule has 30 heavy (non-hydrogen) atoms. The van der Waals surface area contributed by atoms with Gasteiger partial charge < -0.3 is 14.8 Å². The molecule has 0 saturated carbocycles. The van der Waals surface area contributed by atoms with Crippen molar-refractivity contribution in [3.63, 3.8) is 0 Å². The molecule has 2 heterocycles. The fourth-order valence-electron chi connectivity index (χ4n) is 3.19. The number of fused-ring (bicyclic) bond motifs is 1. The Morgan fingerprint density at radius 2 is 1.87 bits per heavy atom. The van der Waals surface area contributed by atoms with E-state index in [2.05, 4.69) is 10.3 Å². The number of nitrogens with zero attached hydrogens (tertiary/aromatic N) is 1. The van der Waals surface area contributed by atoms with E-state index < -0.39 is 21.0 Å². The molecule has 0 spiro atoms. The second kappa shape index (κ2) is 8.16. The van der Waals surface area contributed by atoms with Gasteiger partial charge in [0, 0.05) is 24.5 Å². The Morgan fingerprint density at radius 3 is 2.60 bits per heavy atom. The molecule has 1 N–H and O–H groups in total. The van der Waals surface area contributed by atoms with Gasteiger partial charge in [-0.1, -0.05) is 23.8 Å². The zero-order valence-electron chi connectivity index (χ0n) is 16.2. The van der Waals surface area contributed by atoms with Crippen molar-refractivity contribution >= 4 is 15.7 Å². The number of ether oxygens (including phenoxy) is 2. The third kappa shape index (κ3) is 3.99. The monoisotopic (exact) mass is 424 g/mol. The van der Waals surface area contributed by atoms with Crippen LogP contribution >= 0.6 is 0 Å². The number of rotatable bonds is 6. The number of sulfone groups is 1. The van der Waals surface area contributed by atoms with E-state index >= 15 is 0 Å². The van der Waals surface area contributed by atoms with E-state index in [1.54, 1.807) is 60.8 Å². The highest BCUT2D eigenvalue weighted by Crippen LogP contribution is 2.33. The van der Waals surface area contributed by atoms with Crippen LogP contribution in [0.4, 0.5) is 0 Å². The molecule has 1 aliphatic rings. The lowest BCUT2D eigenvalue weighted by atomic mass is 10.1. The third-order valence-electron chi connectivity index (χ3n) is 4.86. The van der Waals surface area contributed by atoms with E-state index in [0.29, 0.717) is 22.6 Å². The average Bonchev–Trinajstić information content (AvgIpc) is 3.22. The molecule has 3 aromatic rings. The fourth-order valence-corrected chi connectivity index (χ4v) is 4.84. The molecule has 2 aromatic carbocycles. The van der Waals surface area contributed by atoms with E-state index in [0.717, 1.165) is 5.56 Å². The molecule has 4 rings (SSSR count). The Balaban J connectivity index is 1.59. The number of aryl methyl sites for hydroxylation is 1. The van der Waals surface area contributed by atoms with Crippen LogP contribution in [0.5, 0.6) is 11.5 Å². The van der Waals surface area contributed by atoms with Crippen molar-refractivity contribution in [2.45, 2.75) is 17.1 Å². The number of aromatic nitrogens is 1. The summed E-state index contributed by atoms with van der Waals surface area (Å²) < 4.78 is 37.2. The largest absolute Gasteiger partial charge is 0.454 e. The van der Waals surface area contributed by atoms with Crippen molar-refractivity contribution in [3.05, 3.63) is 83.7 Å². The molecule has 0 saturated heterocycles. The van der Waals surface area contributed by atoms with Crippen LogP contribution in [0.1, 0.15) is 26.7 Å². The minimum atomic E-state index is -3.76. The van der Waals surface area contributed by atoms with Crippen LogP contribution in [0.15, 0.2) is 71.9 Å². The summed E-state index contributed by atoms with van der Waals surface area (Å²) in [5.74, 6) is 0.654. The van der Waals surface area contributed by atoms with Gasteiger partial charge in [0.1, 0.15) is 5.25 Å². The summed E-state index contributed by atoms with van der Waals surface area (Å²) in [6.45, 7) is 1.90. The fraction of sp³-hybridized carbons (Fsp3) is 0.182. The molecule has 0 radical (unpaired) electrons. The summed E-state index contributed by atoms with van der Waals surface area (Å²) in [6.07, 6.45) is 3.08. The summed E-state index contributed by atoms with van der Waals surface area (Å²) in [5.41, 5.74) is 1.82. The molecular formula is C22H20N2O5S. The maximum Gasteiger partial charge on any atom is 0.251 e. The first-order chi connectivity index (χ1) is 14.4. The lowest BCUT2D eigenvalue weighted by Gasteiger charge is -2.19. The Hall–Kier alpha value is -3.39. The summed E-state index contributed by atoms with van der Waals surface area (Å²) in [7, 11) is -3.76. The SMILES string of the molecule is Cc1ccc(S(=O)(=O)C(CNC(=O)c2ccc3c(c2)OCO3)c2cccnc2)cc1. The van der Waals surface area contributed by atoms with Crippen LogP contribution in [-0.2, 0) is 9.84 Å². The molecule has 1 aromatic heterocycles. The van der Waals surface area contributed by atoms with Gasteiger partial charge >= 0.3 is 0 Å². The third-order valence-corrected chi connectivity index (χ3v) is 6.98. The van der Waals surface area contributed by atoms with Gasteiger partial charge in [-0.3, -0.25) is 9.78 Å². The number of amides is 1. The van der Waals surface area contributed by atoms with E-state index in [4.69, 9.17) is 9.47 Å². The second-order valence-electron chi connectivity index (χ2n) is 6.91. The number of benzene rings is 2. The highest BCUT2D eigenvalue weighted by atomic mass is 32.2. The van der Waals surface area contributed by atoms with Crippen molar-refractivity contribution < 1.29 is 22.7 Å². The lowest BCUT2D eigenvalue weighted by Crippen LogP contribution is -2.32. The number of carbonyl (C=O) groups excluding carboxylic acids is 1. The zero-order chi connectivity index (χ0) is 21.1. The summed E-state index contributed by atoms with van der Waals surface area (Å²) in [4.78, 5) is 16.9. The van der Waals surface area contributed by atoms with Gasteiger partial charge in [0.2, 0.25) is 6.79 Å². The standard InChI is InChI=1S/C22H20N2O5S/c1-15-4-7-18(8-5-15)30(26,27)21(17-3-2-10-23-12-17)13-24-22(25)16-6-9-19-20(11-16)29-14-28-19/h2-12,21H,13-14H2,1H3,(H,24,25). The topological polar surface area (TPSA) is 94.6 Å². The Bertz CT molecular complexity index is 1160. The normalized spacial score (nSPS) is 13.6. The first kappa shape index (κ1) is 19.9. The number of nitrogens with one attached hydrogen (secondary N) is 1. The first-order valence-corrected chi connectivity index (χ1v) is 10.9. The highest BCUT2D eigenvalue weighted by molar-refractivity contribution is 7.91.